The molecule has 1 aromatic rings. The van der Waals surface area contributed by atoms with E-state index in [1.165, 1.54) is 12.4 Å². The molecule has 1 atom stereocenters. The molecule has 0 aliphatic carbocycles. The summed E-state index contributed by atoms with van der Waals surface area (Å²) < 4.78 is 4.93. The second kappa shape index (κ2) is 5.72. The molecule has 0 aliphatic heterocycles. The number of aromatic nitrogens is 2. The summed E-state index contributed by atoms with van der Waals surface area (Å²) in [6.45, 7) is 0.542. The van der Waals surface area contributed by atoms with Crippen molar-refractivity contribution in [3.63, 3.8) is 0 Å². The first-order valence-electron chi connectivity index (χ1n) is 4.21. The largest absolute Gasteiger partial charge is 0.384 e. The maximum absolute atomic E-state index is 10.3. The van der Waals surface area contributed by atoms with Gasteiger partial charge in [0.2, 0.25) is 0 Å². The fourth-order valence-electron chi connectivity index (χ4n) is 0.986. The predicted molar refractivity (Wildman–Crippen MR) is 57.0 cm³/mol. The molecule has 6 nitrogen and oxygen atoms in total. The molecule has 0 amide bonds. The van der Waals surface area contributed by atoms with E-state index >= 15 is 0 Å². The van der Waals surface area contributed by atoms with Crippen LogP contribution in [0.3, 0.4) is 0 Å². The Labute approximate surface area is 95.0 Å². The summed E-state index contributed by atoms with van der Waals surface area (Å²) in [5.41, 5.74) is -0.100. The molecule has 0 aliphatic rings. The van der Waals surface area contributed by atoms with Gasteiger partial charge in [-0.2, -0.15) is 0 Å². The first kappa shape index (κ1) is 12.0. The summed E-state index contributed by atoms with van der Waals surface area (Å²) >= 11 is 3.38. The molecule has 82 valence electrons. The summed E-state index contributed by atoms with van der Waals surface area (Å²) in [4.78, 5) is 17.7. The Morgan fingerprint density at radius 2 is 2.20 bits per heavy atom. The Hall–Kier alpha value is -1.08. The van der Waals surface area contributed by atoms with Crippen LogP contribution in [-0.2, 0) is 11.2 Å². The Morgan fingerprint density at radius 3 is 2.67 bits per heavy atom. The SMILES string of the molecule is COCC(Br)Cc1ncc([N+](=O)[O-])cn1. The highest BCUT2D eigenvalue weighted by molar-refractivity contribution is 9.09. The van der Waals surface area contributed by atoms with Gasteiger partial charge >= 0.3 is 5.69 Å². The van der Waals surface area contributed by atoms with Crippen molar-refractivity contribution in [2.75, 3.05) is 13.7 Å². The van der Waals surface area contributed by atoms with Crippen LogP contribution in [0.2, 0.25) is 0 Å². The second-order valence-corrected chi connectivity index (χ2v) is 4.17. The highest BCUT2D eigenvalue weighted by Crippen LogP contribution is 2.10. The molecule has 1 unspecified atom stereocenters. The molecule has 0 fully saturated rings. The van der Waals surface area contributed by atoms with E-state index in [0.717, 1.165) is 0 Å². The third-order valence-electron chi connectivity index (χ3n) is 1.65. The van der Waals surface area contributed by atoms with Gasteiger partial charge in [-0.05, 0) is 0 Å². The van der Waals surface area contributed by atoms with E-state index < -0.39 is 4.92 Å². The van der Waals surface area contributed by atoms with Crippen molar-refractivity contribution in [2.45, 2.75) is 11.2 Å². The molecule has 1 aromatic heterocycles. The van der Waals surface area contributed by atoms with E-state index in [1.54, 1.807) is 7.11 Å². The fourth-order valence-corrected chi connectivity index (χ4v) is 1.54. The minimum absolute atomic E-state index is 0.100. The number of halogens is 1. The van der Waals surface area contributed by atoms with Crippen molar-refractivity contribution in [3.05, 3.63) is 28.3 Å². The van der Waals surface area contributed by atoms with Crippen LogP contribution in [-0.4, -0.2) is 33.4 Å². The second-order valence-electron chi connectivity index (χ2n) is 2.87. The minimum Gasteiger partial charge on any atom is -0.384 e. The molecule has 0 saturated carbocycles. The first-order valence-corrected chi connectivity index (χ1v) is 5.13. The summed E-state index contributed by atoms with van der Waals surface area (Å²) in [6.07, 6.45) is 2.98. The average Bonchev–Trinajstić information content (AvgIpc) is 2.18. The maximum Gasteiger partial charge on any atom is 0.305 e. The first-order chi connectivity index (χ1) is 7.13. The molecule has 0 saturated heterocycles. The molecule has 0 N–H and O–H groups in total. The minimum atomic E-state index is -0.523. The van der Waals surface area contributed by atoms with Gasteiger partial charge in [-0.15, -0.1) is 0 Å². The summed E-state index contributed by atoms with van der Waals surface area (Å²) in [5.74, 6) is 0.555. The zero-order valence-corrected chi connectivity index (χ0v) is 9.68. The molecular weight excluding hydrogens is 266 g/mol. The topological polar surface area (TPSA) is 78.2 Å². The van der Waals surface area contributed by atoms with Crippen LogP contribution in [0.4, 0.5) is 5.69 Å². The third-order valence-corrected chi connectivity index (χ3v) is 2.24. The van der Waals surface area contributed by atoms with E-state index in [9.17, 15) is 10.1 Å². The number of nitro groups is 1. The van der Waals surface area contributed by atoms with Gasteiger partial charge in [0, 0.05) is 18.4 Å². The average molecular weight is 276 g/mol. The van der Waals surface area contributed by atoms with Crippen LogP contribution in [0.25, 0.3) is 0 Å². The molecule has 0 radical (unpaired) electrons. The van der Waals surface area contributed by atoms with Gasteiger partial charge in [0.1, 0.15) is 18.2 Å². The van der Waals surface area contributed by atoms with Gasteiger partial charge in [-0.3, -0.25) is 10.1 Å². The molecule has 1 rings (SSSR count). The van der Waals surface area contributed by atoms with E-state index in [4.69, 9.17) is 4.74 Å². The standard InChI is InChI=1S/C8H10BrN3O3/c1-15-5-6(9)2-8-10-3-7(4-11-8)12(13)14/h3-4,6H,2,5H2,1H3. The maximum atomic E-state index is 10.3. The Kier molecular flexibility index (Phi) is 4.57. The zero-order valence-electron chi connectivity index (χ0n) is 8.09. The van der Waals surface area contributed by atoms with E-state index in [-0.39, 0.29) is 10.5 Å². The van der Waals surface area contributed by atoms with Gasteiger partial charge in [0.15, 0.2) is 0 Å². The van der Waals surface area contributed by atoms with Crippen LogP contribution in [0.15, 0.2) is 12.4 Å². The Bertz CT molecular complexity index is 330. The summed E-state index contributed by atoms with van der Waals surface area (Å²) in [5, 5.41) is 10.3. The Morgan fingerprint density at radius 1 is 1.60 bits per heavy atom. The third kappa shape index (κ3) is 3.88. The fraction of sp³-hybridized carbons (Fsp3) is 0.500. The molecule has 15 heavy (non-hydrogen) atoms. The van der Waals surface area contributed by atoms with Crippen molar-refractivity contribution in [1.29, 1.82) is 0 Å². The molecule has 0 spiro atoms. The highest BCUT2D eigenvalue weighted by Gasteiger charge is 2.10. The monoisotopic (exact) mass is 275 g/mol. The zero-order chi connectivity index (χ0) is 11.3. The van der Waals surface area contributed by atoms with Crippen molar-refractivity contribution < 1.29 is 9.66 Å². The molecule has 0 aromatic carbocycles. The van der Waals surface area contributed by atoms with Gasteiger partial charge in [0.25, 0.3) is 0 Å². The lowest BCUT2D eigenvalue weighted by atomic mass is 10.3. The van der Waals surface area contributed by atoms with Crippen LogP contribution < -0.4 is 0 Å². The number of methoxy groups -OCH3 is 1. The van der Waals surface area contributed by atoms with Crippen LogP contribution >= 0.6 is 15.9 Å². The predicted octanol–water partition coefficient (Wildman–Crippen LogP) is 1.34. The Balaban J connectivity index is 2.60. The number of rotatable bonds is 5. The van der Waals surface area contributed by atoms with E-state index in [2.05, 4.69) is 25.9 Å². The summed E-state index contributed by atoms with van der Waals surface area (Å²) in [6, 6.07) is 0. The number of alkyl halides is 1. The van der Waals surface area contributed by atoms with E-state index in [1.807, 2.05) is 0 Å². The normalized spacial score (nSPS) is 12.4. The number of ether oxygens (including phenoxy) is 1. The van der Waals surface area contributed by atoms with Crippen molar-refractivity contribution >= 4 is 21.6 Å². The van der Waals surface area contributed by atoms with Crippen molar-refractivity contribution in [3.8, 4) is 0 Å². The van der Waals surface area contributed by atoms with Gasteiger partial charge in [-0.25, -0.2) is 9.97 Å². The lowest BCUT2D eigenvalue weighted by molar-refractivity contribution is -0.385. The lowest BCUT2D eigenvalue weighted by Gasteiger charge is -2.06. The molecular formula is C8H10BrN3O3. The van der Waals surface area contributed by atoms with Crippen LogP contribution in [0.5, 0.6) is 0 Å². The number of hydrogen-bond donors (Lipinski definition) is 0. The number of hydrogen-bond acceptors (Lipinski definition) is 5. The quantitative estimate of drug-likeness (QED) is 0.460. The molecule has 7 heteroatoms. The van der Waals surface area contributed by atoms with Gasteiger partial charge < -0.3 is 4.74 Å². The molecule has 1 heterocycles. The van der Waals surface area contributed by atoms with Crippen molar-refractivity contribution in [2.24, 2.45) is 0 Å². The lowest BCUT2D eigenvalue weighted by Crippen LogP contribution is -2.12. The van der Waals surface area contributed by atoms with Crippen molar-refractivity contribution in [1.82, 2.24) is 9.97 Å². The van der Waals surface area contributed by atoms with Gasteiger partial charge in [0.05, 0.1) is 11.5 Å². The highest BCUT2D eigenvalue weighted by atomic mass is 79.9. The summed E-state index contributed by atoms with van der Waals surface area (Å²) in [7, 11) is 1.60. The van der Waals surface area contributed by atoms with Crippen LogP contribution in [0, 0.1) is 10.1 Å². The van der Waals surface area contributed by atoms with Gasteiger partial charge in [-0.1, -0.05) is 15.9 Å². The number of nitrogens with zero attached hydrogens (tertiary/aromatic N) is 3. The van der Waals surface area contributed by atoms with Crippen LogP contribution in [0.1, 0.15) is 5.82 Å². The molecule has 0 bridgehead atoms. The van der Waals surface area contributed by atoms with E-state index in [0.29, 0.717) is 18.9 Å². The smallest absolute Gasteiger partial charge is 0.305 e.